The molecule has 0 amide bonds. The van der Waals surface area contributed by atoms with Crippen LogP contribution in [0.1, 0.15) is 32.1 Å². The summed E-state index contributed by atoms with van der Waals surface area (Å²) in [5.74, 6) is 1.04. The van der Waals surface area contributed by atoms with Gasteiger partial charge in [0.15, 0.2) is 0 Å². The summed E-state index contributed by atoms with van der Waals surface area (Å²) in [6.07, 6.45) is 7.99. The van der Waals surface area contributed by atoms with Gasteiger partial charge in [0.2, 0.25) is 0 Å². The van der Waals surface area contributed by atoms with Gasteiger partial charge in [-0.3, -0.25) is 0 Å². The van der Waals surface area contributed by atoms with E-state index in [0.717, 1.165) is 25.0 Å². The van der Waals surface area contributed by atoms with Gasteiger partial charge in [-0.25, -0.2) is 4.79 Å². The van der Waals surface area contributed by atoms with Gasteiger partial charge in [0, 0.05) is 12.2 Å². The molecule has 2 aliphatic carbocycles. The lowest BCUT2D eigenvalue weighted by molar-refractivity contribution is -0.142. The molecule has 2 fully saturated rings. The van der Waals surface area contributed by atoms with Crippen molar-refractivity contribution in [3.63, 3.8) is 0 Å². The highest BCUT2D eigenvalue weighted by atomic mass is 16.6. The first-order chi connectivity index (χ1) is 7.83. The van der Waals surface area contributed by atoms with Gasteiger partial charge >= 0.3 is 5.97 Å². The molecule has 1 aliphatic heterocycles. The van der Waals surface area contributed by atoms with Crippen LogP contribution in [0.3, 0.4) is 0 Å². The lowest BCUT2D eigenvalue weighted by Crippen LogP contribution is -2.20. The van der Waals surface area contributed by atoms with Crippen LogP contribution < -0.4 is 0 Å². The number of esters is 1. The molecule has 1 saturated carbocycles. The Morgan fingerprint density at radius 1 is 1.44 bits per heavy atom. The molecule has 3 aliphatic rings. The van der Waals surface area contributed by atoms with Crippen LogP contribution >= 0.6 is 0 Å². The molecule has 0 aromatic carbocycles. The molecule has 88 valence electrons. The van der Waals surface area contributed by atoms with Crippen molar-refractivity contribution in [2.75, 3.05) is 13.2 Å². The third kappa shape index (κ3) is 1.88. The number of hydrogen-bond donors (Lipinski definition) is 0. The number of rotatable bonds is 3. The minimum Gasteiger partial charge on any atom is -0.460 e. The molecule has 3 nitrogen and oxygen atoms in total. The fraction of sp³-hybridized carbons (Fsp3) is 0.769. The summed E-state index contributed by atoms with van der Waals surface area (Å²) < 4.78 is 10.8. The quantitative estimate of drug-likeness (QED) is 0.686. The van der Waals surface area contributed by atoms with Crippen molar-refractivity contribution < 1.29 is 14.3 Å². The van der Waals surface area contributed by atoms with Gasteiger partial charge in [0.25, 0.3) is 0 Å². The van der Waals surface area contributed by atoms with E-state index in [-0.39, 0.29) is 12.1 Å². The molecule has 1 heterocycles. The van der Waals surface area contributed by atoms with E-state index in [1.165, 1.54) is 19.3 Å². The normalized spacial score (nSPS) is 36.5. The maximum Gasteiger partial charge on any atom is 0.334 e. The van der Waals surface area contributed by atoms with Crippen LogP contribution in [0.15, 0.2) is 11.6 Å². The third-order valence-corrected chi connectivity index (χ3v) is 3.99. The van der Waals surface area contributed by atoms with Crippen LogP contribution in [0.5, 0.6) is 0 Å². The Hall–Kier alpha value is -0.830. The maximum absolute atomic E-state index is 11.8. The highest BCUT2D eigenvalue weighted by Gasteiger charge is 2.36. The summed E-state index contributed by atoms with van der Waals surface area (Å²) in [4.78, 5) is 11.8. The van der Waals surface area contributed by atoms with Crippen LogP contribution in [-0.2, 0) is 14.3 Å². The van der Waals surface area contributed by atoms with Gasteiger partial charge < -0.3 is 9.47 Å². The minimum absolute atomic E-state index is 0.0947. The average molecular weight is 222 g/mol. The topological polar surface area (TPSA) is 35.5 Å². The van der Waals surface area contributed by atoms with Crippen molar-refractivity contribution in [2.45, 2.75) is 38.2 Å². The van der Waals surface area contributed by atoms with E-state index >= 15 is 0 Å². The van der Waals surface area contributed by atoms with E-state index in [0.29, 0.717) is 18.4 Å². The molecule has 0 aromatic heterocycles. The predicted molar refractivity (Wildman–Crippen MR) is 58.8 cm³/mol. The molecule has 0 radical (unpaired) electrons. The van der Waals surface area contributed by atoms with E-state index in [9.17, 15) is 4.79 Å². The summed E-state index contributed by atoms with van der Waals surface area (Å²) in [5, 5.41) is 0. The molecule has 0 N–H and O–H groups in total. The molecule has 0 aromatic rings. The zero-order valence-electron chi connectivity index (χ0n) is 9.48. The standard InChI is InChI=1S/C13H18O3/c14-13(16-8-11-2-1-5-15-11)12-7-9-3-4-10(12)6-9/h7,9-11H,1-6,8H2. The second-order valence-electron chi connectivity index (χ2n) is 5.13. The molecular formula is C13H18O3. The monoisotopic (exact) mass is 222 g/mol. The molecule has 1 saturated heterocycles. The largest absolute Gasteiger partial charge is 0.460 e. The molecule has 3 rings (SSSR count). The van der Waals surface area contributed by atoms with Crippen LogP contribution in [-0.4, -0.2) is 25.3 Å². The number of fused-ring (bicyclic) bond motifs is 2. The number of hydrogen-bond acceptors (Lipinski definition) is 3. The molecule has 3 heteroatoms. The Labute approximate surface area is 95.8 Å². The SMILES string of the molecule is O=C(OCC1CCCO1)C1=CC2CCC1C2. The predicted octanol–water partition coefficient (Wildman–Crippen LogP) is 2.06. The molecule has 3 atom stereocenters. The van der Waals surface area contributed by atoms with Gasteiger partial charge in [0.05, 0.1) is 6.10 Å². The van der Waals surface area contributed by atoms with Gasteiger partial charge in [-0.05, 0) is 43.9 Å². The Morgan fingerprint density at radius 2 is 2.38 bits per heavy atom. The van der Waals surface area contributed by atoms with Crippen molar-refractivity contribution >= 4 is 5.97 Å². The van der Waals surface area contributed by atoms with E-state index in [1.54, 1.807) is 0 Å². The Morgan fingerprint density at radius 3 is 3.00 bits per heavy atom. The maximum atomic E-state index is 11.8. The van der Waals surface area contributed by atoms with Crippen LogP contribution in [0.2, 0.25) is 0 Å². The molecule has 3 unspecified atom stereocenters. The molecule has 2 bridgehead atoms. The summed E-state index contributed by atoms with van der Waals surface area (Å²) >= 11 is 0. The first-order valence-corrected chi connectivity index (χ1v) is 6.33. The third-order valence-electron chi connectivity index (χ3n) is 3.99. The van der Waals surface area contributed by atoms with Crippen molar-refractivity contribution in [3.05, 3.63) is 11.6 Å². The Bertz CT molecular complexity index is 315. The van der Waals surface area contributed by atoms with Gasteiger partial charge in [0.1, 0.15) is 6.61 Å². The molecular weight excluding hydrogens is 204 g/mol. The van der Waals surface area contributed by atoms with E-state index in [4.69, 9.17) is 9.47 Å². The molecule has 16 heavy (non-hydrogen) atoms. The van der Waals surface area contributed by atoms with Crippen LogP contribution in [0.25, 0.3) is 0 Å². The number of carbonyl (C=O) groups excluding carboxylic acids is 1. The summed E-state index contributed by atoms with van der Waals surface area (Å²) in [6.45, 7) is 1.25. The Kier molecular flexibility index (Phi) is 2.72. The van der Waals surface area contributed by atoms with Crippen molar-refractivity contribution in [1.82, 2.24) is 0 Å². The Balaban J connectivity index is 1.52. The van der Waals surface area contributed by atoms with E-state index in [2.05, 4.69) is 6.08 Å². The zero-order valence-corrected chi connectivity index (χ0v) is 9.48. The second kappa shape index (κ2) is 4.21. The van der Waals surface area contributed by atoms with E-state index in [1.807, 2.05) is 0 Å². The van der Waals surface area contributed by atoms with Gasteiger partial charge in [-0.15, -0.1) is 0 Å². The highest BCUT2D eigenvalue weighted by Crippen LogP contribution is 2.43. The fourth-order valence-electron chi connectivity index (χ4n) is 3.10. The number of allylic oxidation sites excluding steroid dienone is 1. The van der Waals surface area contributed by atoms with Crippen molar-refractivity contribution in [3.8, 4) is 0 Å². The summed E-state index contributed by atoms with van der Waals surface area (Å²) in [6, 6.07) is 0. The van der Waals surface area contributed by atoms with Crippen LogP contribution in [0, 0.1) is 11.8 Å². The number of carbonyl (C=O) groups is 1. The summed E-state index contributed by atoms with van der Waals surface area (Å²) in [7, 11) is 0. The fourth-order valence-corrected chi connectivity index (χ4v) is 3.10. The van der Waals surface area contributed by atoms with Gasteiger partial charge in [-0.1, -0.05) is 6.08 Å². The first-order valence-electron chi connectivity index (χ1n) is 6.33. The highest BCUT2D eigenvalue weighted by molar-refractivity contribution is 5.90. The lowest BCUT2D eigenvalue weighted by atomic mass is 9.99. The zero-order chi connectivity index (χ0) is 11.0. The van der Waals surface area contributed by atoms with E-state index < -0.39 is 0 Å². The minimum atomic E-state index is -0.0947. The van der Waals surface area contributed by atoms with Crippen molar-refractivity contribution in [2.24, 2.45) is 11.8 Å². The van der Waals surface area contributed by atoms with Gasteiger partial charge in [-0.2, -0.15) is 0 Å². The average Bonchev–Trinajstić information content (AvgIpc) is 3.01. The first kappa shape index (κ1) is 10.3. The number of ether oxygens (including phenoxy) is 2. The van der Waals surface area contributed by atoms with Crippen molar-refractivity contribution in [1.29, 1.82) is 0 Å². The lowest BCUT2D eigenvalue weighted by Gasteiger charge is -2.14. The summed E-state index contributed by atoms with van der Waals surface area (Å²) in [5.41, 5.74) is 0.939. The second-order valence-corrected chi connectivity index (χ2v) is 5.13. The smallest absolute Gasteiger partial charge is 0.334 e. The van der Waals surface area contributed by atoms with Crippen LogP contribution in [0.4, 0.5) is 0 Å². The molecule has 0 spiro atoms.